The van der Waals surface area contributed by atoms with Crippen LogP contribution < -0.4 is 5.73 Å². The number of rotatable bonds is 4. The van der Waals surface area contributed by atoms with Gasteiger partial charge in [0, 0.05) is 25.2 Å². The van der Waals surface area contributed by atoms with Crippen molar-refractivity contribution in [2.75, 3.05) is 13.6 Å². The predicted molar refractivity (Wildman–Crippen MR) is 78.2 cm³/mol. The van der Waals surface area contributed by atoms with Gasteiger partial charge in [-0.25, -0.2) is 4.98 Å². The Hall–Kier alpha value is -1.72. The maximum absolute atomic E-state index is 12.2. The largest absolute Gasteiger partial charge is 0.337 e. The molecule has 2 N–H and O–H groups in total. The maximum atomic E-state index is 12.2. The molecular weight excluding hydrogens is 258 g/mol. The number of hydrogen-bond donors (Lipinski definition) is 1. The summed E-state index contributed by atoms with van der Waals surface area (Å²) in [6.07, 6.45) is 1.63. The minimum atomic E-state index is -0.0300. The molecule has 0 aliphatic heterocycles. The van der Waals surface area contributed by atoms with Crippen molar-refractivity contribution in [1.82, 2.24) is 9.88 Å². The van der Waals surface area contributed by atoms with Crippen LogP contribution in [0, 0.1) is 0 Å². The molecule has 1 amide bonds. The van der Waals surface area contributed by atoms with E-state index in [2.05, 4.69) is 4.98 Å². The quantitative estimate of drug-likeness (QED) is 0.931. The smallest absolute Gasteiger partial charge is 0.265 e. The normalized spacial score (nSPS) is 12.2. The van der Waals surface area contributed by atoms with Crippen LogP contribution in [-0.4, -0.2) is 35.4 Å². The summed E-state index contributed by atoms with van der Waals surface area (Å²) in [6.45, 7) is 2.38. The van der Waals surface area contributed by atoms with Crippen molar-refractivity contribution < 1.29 is 4.79 Å². The third kappa shape index (κ3) is 3.00. The molecule has 2 rings (SSSR count). The first kappa shape index (κ1) is 13.7. The lowest BCUT2D eigenvalue weighted by molar-refractivity contribution is 0.0753. The molecule has 2 aromatic rings. The fourth-order valence-electron chi connectivity index (χ4n) is 1.62. The van der Waals surface area contributed by atoms with E-state index in [9.17, 15) is 4.79 Å². The fourth-order valence-corrected chi connectivity index (χ4v) is 2.52. The lowest BCUT2D eigenvalue weighted by atomic mass is 10.2. The Morgan fingerprint density at radius 1 is 1.42 bits per heavy atom. The highest BCUT2D eigenvalue weighted by Gasteiger charge is 2.19. The highest BCUT2D eigenvalue weighted by Crippen LogP contribution is 2.25. The van der Waals surface area contributed by atoms with E-state index < -0.39 is 0 Å². The van der Waals surface area contributed by atoms with Crippen molar-refractivity contribution in [3.05, 3.63) is 41.4 Å². The number of nitrogens with zero attached hydrogens (tertiary/aromatic N) is 2. The van der Waals surface area contributed by atoms with Gasteiger partial charge in [-0.2, -0.15) is 0 Å². The van der Waals surface area contributed by atoms with Gasteiger partial charge in [0.25, 0.3) is 5.91 Å². The number of carbonyl (C=O) groups excluding carboxylic acids is 1. The van der Waals surface area contributed by atoms with Crippen molar-refractivity contribution in [2.45, 2.75) is 13.0 Å². The Balaban J connectivity index is 2.20. The summed E-state index contributed by atoms with van der Waals surface area (Å²) in [6, 6.07) is 9.87. The molecule has 0 fully saturated rings. The van der Waals surface area contributed by atoms with Gasteiger partial charge < -0.3 is 10.6 Å². The van der Waals surface area contributed by atoms with E-state index in [1.165, 1.54) is 11.3 Å². The van der Waals surface area contributed by atoms with Gasteiger partial charge in [-0.3, -0.25) is 4.79 Å². The summed E-state index contributed by atoms with van der Waals surface area (Å²) >= 11 is 1.41. The number of aromatic nitrogens is 1. The summed E-state index contributed by atoms with van der Waals surface area (Å²) in [7, 11) is 1.77. The number of hydrogen-bond acceptors (Lipinski definition) is 4. The molecule has 0 spiro atoms. The minimum Gasteiger partial charge on any atom is -0.337 e. The SMILES string of the molecule is CC(CN)N(C)C(=O)c1cnc(-c2ccccc2)s1. The van der Waals surface area contributed by atoms with Crippen molar-refractivity contribution in [1.29, 1.82) is 0 Å². The van der Waals surface area contributed by atoms with Crippen LogP contribution in [0.2, 0.25) is 0 Å². The molecule has 0 saturated carbocycles. The number of amides is 1. The average Bonchev–Trinajstić information content (AvgIpc) is 2.95. The van der Waals surface area contributed by atoms with E-state index in [1.54, 1.807) is 18.1 Å². The first-order chi connectivity index (χ1) is 9.13. The topological polar surface area (TPSA) is 59.2 Å². The van der Waals surface area contributed by atoms with Crippen LogP contribution in [0.3, 0.4) is 0 Å². The monoisotopic (exact) mass is 275 g/mol. The van der Waals surface area contributed by atoms with E-state index in [4.69, 9.17) is 5.73 Å². The molecule has 1 heterocycles. The van der Waals surface area contributed by atoms with Gasteiger partial charge in [0.05, 0.1) is 6.20 Å². The van der Waals surface area contributed by atoms with Crippen LogP contribution in [0.15, 0.2) is 36.5 Å². The van der Waals surface area contributed by atoms with E-state index in [0.717, 1.165) is 10.6 Å². The molecule has 0 saturated heterocycles. The van der Waals surface area contributed by atoms with Crippen LogP contribution in [0.1, 0.15) is 16.6 Å². The highest BCUT2D eigenvalue weighted by atomic mass is 32.1. The molecular formula is C14H17N3OS. The van der Waals surface area contributed by atoms with E-state index in [1.807, 2.05) is 37.3 Å². The molecule has 1 atom stereocenters. The molecule has 19 heavy (non-hydrogen) atoms. The van der Waals surface area contributed by atoms with Crippen LogP contribution in [-0.2, 0) is 0 Å². The van der Waals surface area contributed by atoms with Gasteiger partial charge in [0.2, 0.25) is 0 Å². The predicted octanol–water partition coefficient (Wildman–Crippen LogP) is 2.23. The summed E-state index contributed by atoms with van der Waals surface area (Å²) in [5.74, 6) is -0.0300. The molecule has 1 aromatic heterocycles. The molecule has 5 heteroatoms. The number of benzene rings is 1. The maximum Gasteiger partial charge on any atom is 0.265 e. The van der Waals surface area contributed by atoms with Crippen molar-refractivity contribution >= 4 is 17.2 Å². The molecule has 1 aromatic carbocycles. The Kier molecular flexibility index (Phi) is 4.29. The summed E-state index contributed by atoms with van der Waals surface area (Å²) in [5.41, 5.74) is 6.61. The molecule has 4 nitrogen and oxygen atoms in total. The first-order valence-electron chi connectivity index (χ1n) is 6.12. The van der Waals surface area contributed by atoms with Crippen LogP contribution in [0.4, 0.5) is 0 Å². The third-order valence-electron chi connectivity index (χ3n) is 3.06. The number of carbonyl (C=O) groups is 1. The number of thiazole rings is 1. The Labute approximate surface area is 116 Å². The summed E-state index contributed by atoms with van der Waals surface area (Å²) < 4.78 is 0. The van der Waals surface area contributed by atoms with Crippen molar-refractivity contribution in [3.63, 3.8) is 0 Å². The third-order valence-corrected chi connectivity index (χ3v) is 4.09. The zero-order chi connectivity index (χ0) is 13.8. The first-order valence-corrected chi connectivity index (χ1v) is 6.93. The second-order valence-electron chi connectivity index (χ2n) is 4.40. The van der Waals surface area contributed by atoms with Crippen molar-refractivity contribution in [3.8, 4) is 10.6 Å². The van der Waals surface area contributed by atoms with Gasteiger partial charge in [-0.15, -0.1) is 11.3 Å². The van der Waals surface area contributed by atoms with Gasteiger partial charge in [0.1, 0.15) is 9.88 Å². The van der Waals surface area contributed by atoms with Gasteiger partial charge >= 0.3 is 0 Å². The zero-order valence-electron chi connectivity index (χ0n) is 11.0. The molecule has 1 unspecified atom stereocenters. The molecule has 100 valence electrons. The lowest BCUT2D eigenvalue weighted by Crippen LogP contribution is -2.39. The average molecular weight is 275 g/mol. The van der Waals surface area contributed by atoms with Gasteiger partial charge in [-0.05, 0) is 6.92 Å². The summed E-state index contributed by atoms with van der Waals surface area (Å²) in [5, 5.41) is 0.859. The van der Waals surface area contributed by atoms with Crippen molar-refractivity contribution in [2.24, 2.45) is 5.73 Å². The van der Waals surface area contributed by atoms with Crippen LogP contribution >= 0.6 is 11.3 Å². The molecule has 0 aliphatic rings. The van der Waals surface area contributed by atoms with Crippen LogP contribution in [0.25, 0.3) is 10.6 Å². The highest BCUT2D eigenvalue weighted by molar-refractivity contribution is 7.16. The second kappa shape index (κ2) is 5.95. The zero-order valence-corrected chi connectivity index (χ0v) is 11.9. The van der Waals surface area contributed by atoms with E-state index in [0.29, 0.717) is 11.4 Å². The number of nitrogens with two attached hydrogens (primary N) is 1. The fraction of sp³-hybridized carbons (Fsp3) is 0.286. The Morgan fingerprint density at radius 2 is 2.11 bits per heavy atom. The standard InChI is InChI=1S/C14H17N3OS/c1-10(8-15)17(2)14(18)12-9-16-13(19-12)11-6-4-3-5-7-11/h3-7,9-10H,8,15H2,1-2H3. The second-order valence-corrected chi connectivity index (χ2v) is 5.43. The van der Waals surface area contributed by atoms with E-state index >= 15 is 0 Å². The van der Waals surface area contributed by atoms with Crippen LogP contribution in [0.5, 0.6) is 0 Å². The molecule has 0 bridgehead atoms. The Bertz CT molecular complexity index is 553. The van der Waals surface area contributed by atoms with Gasteiger partial charge in [0.15, 0.2) is 0 Å². The number of likely N-dealkylation sites (N-methyl/N-ethyl adjacent to an activating group) is 1. The molecule has 0 aliphatic carbocycles. The van der Waals surface area contributed by atoms with Gasteiger partial charge in [-0.1, -0.05) is 30.3 Å². The lowest BCUT2D eigenvalue weighted by Gasteiger charge is -2.22. The van der Waals surface area contributed by atoms with E-state index in [-0.39, 0.29) is 11.9 Å². The minimum absolute atomic E-state index is 0.0229. The molecule has 0 radical (unpaired) electrons. The Morgan fingerprint density at radius 3 is 2.74 bits per heavy atom. The summed E-state index contributed by atoms with van der Waals surface area (Å²) in [4.78, 5) is 18.8.